The van der Waals surface area contributed by atoms with Crippen LogP contribution in [0.15, 0.2) is 29.3 Å². The van der Waals surface area contributed by atoms with Crippen molar-refractivity contribution < 1.29 is 24.1 Å². The summed E-state index contributed by atoms with van der Waals surface area (Å²) in [7, 11) is 0. The highest BCUT2D eigenvalue weighted by atomic mass is 32.2. The van der Waals surface area contributed by atoms with Gasteiger partial charge in [0.15, 0.2) is 0 Å². The third kappa shape index (κ3) is 5.04. The van der Waals surface area contributed by atoms with Gasteiger partial charge in [-0.15, -0.1) is 0 Å². The molecule has 1 N–H and O–H groups in total. The molecule has 0 bridgehead atoms. The summed E-state index contributed by atoms with van der Waals surface area (Å²) in [5, 5.41) is 10.6. The Bertz CT molecular complexity index is 1130. The topological polar surface area (TPSA) is 77.4 Å². The second-order valence-electron chi connectivity index (χ2n) is 9.71. The quantitative estimate of drug-likeness (QED) is 0.589. The van der Waals surface area contributed by atoms with E-state index < -0.39 is 5.60 Å². The molecule has 34 heavy (non-hydrogen) atoms. The minimum absolute atomic E-state index is 0.00169. The molecule has 2 aliphatic heterocycles. The Morgan fingerprint density at radius 2 is 1.88 bits per heavy atom. The molecule has 0 spiro atoms. The van der Waals surface area contributed by atoms with Gasteiger partial charge in [-0.1, -0.05) is 23.9 Å². The van der Waals surface area contributed by atoms with Crippen molar-refractivity contribution in [2.45, 2.75) is 77.8 Å². The van der Waals surface area contributed by atoms with E-state index in [0.717, 1.165) is 52.2 Å². The Labute approximate surface area is 205 Å². The average Bonchev–Trinajstić information content (AvgIpc) is 3.13. The molecule has 2 aromatic carbocycles. The number of fused-ring (bicyclic) bond motifs is 1. The predicted octanol–water partition coefficient (Wildman–Crippen LogP) is 5.45. The van der Waals surface area contributed by atoms with Gasteiger partial charge in [-0.25, -0.2) is 0 Å². The van der Waals surface area contributed by atoms with Gasteiger partial charge in [0.2, 0.25) is 0 Å². The number of nitrogens with zero attached hydrogens (tertiary/aromatic N) is 1. The van der Waals surface area contributed by atoms with E-state index in [-0.39, 0.29) is 17.3 Å². The van der Waals surface area contributed by atoms with E-state index >= 15 is 0 Å². The number of rotatable bonds is 6. The number of hydrogen-bond acceptors (Lipinski definition) is 6. The van der Waals surface area contributed by atoms with Gasteiger partial charge in [0.25, 0.3) is 11.1 Å². The van der Waals surface area contributed by atoms with Gasteiger partial charge in [-0.2, -0.15) is 4.99 Å². The number of hydrogen-bond donors (Lipinski definition) is 1. The molecule has 2 unspecified atom stereocenters. The molecule has 2 heterocycles. The summed E-state index contributed by atoms with van der Waals surface area (Å²) in [6.45, 7) is 12.2. The molecular formula is C27H33NO5S. The summed E-state index contributed by atoms with van der Waals surface area (Å²) in [6, 6.07) is 7.85. The molecule has 2 aromatic rings. The number of ether oxygens (including phenoxy) is 3. The maximum atomic E-state index is 12.2. The highest BCUT2D eigenvalue weighted by Gasteiger charge is 2.35. The van der Waals surface area contributed by atoms with Crippen LogP contribution in [0.4, 0.5) is 0 Å². The van der Waals surface area contributed by atoms with Gasteiger partial charge >= 0.3 is 0 Å². The molecular weight excluding hydrogens is 450 g/mol. The first-order valence-electron chi connectivity index (χ1n) is 11.7. The monoisotopic (exact) mass is 483 g/mol. The van der Waals surface area contributed by atoms with E-state index in [1.165, 1.54) is 11.8 Å². The molecule has 182 valence electrons. The van der Waals surface area contributed by atoms with Crippen LogP contribution in [0.2, 0.25) is 0 Å². The van der Waals surface area contributed by atoms with Crippen molar-refractivity contribution in [1.82, 2.24) is 0 Å². The molecule has 2 aliphatic rings. The van der Waals surface area contributed by atoms with Crippen LogP contribution < -0.4 is 9.47 Å². The third-order valence-corrected chi connectivity index (χ3v) is 7.58. The van der Waals surface area contributed by atoms with Crippen molar-refractivity contribution in [2.75, 3.05) is 6.61 Å². The van der Waals surface area contributed by atoms with E-state index in [4.69, 9.17) is 14.2 Å². The fourth-order valence-corrected chi connectivity index (χ4v) is 5.38. The first-order valence-corrected chi connectivity index (χ1v) is 12.6. The normalized spacial score (nSPS) is 21.8. The van der Waals surface area contributed by atoms with E-state index in [0.29, 0.717) is 24.0 Å². The molecule has 6 nitrogen and oxygen atoms in total. The van der Waals surface area contributed by atoms with Crippen molar-refractivity contribution >= 4 is 22.9 Å². The summed E-state index contributed by atoms with van der Waals surface area (Å²) in [5.74, 6) is 1.87. The summed E-state index contributed by atoms with van der Waals surface area (Å²) in [6.07, 6.45) is 2.25. The van der Waals surface area contributed by atoms with Crippen LogP contribution in [0.1, 0.15) is 55.0 Å². The molecule has 4 rings (SSSR count). The maximum Gasteiger partial charge on any atom is 0.263 e. The number of phenols is 1. The molecule has 1 amide bonds. The van der Waals surface area contributed by atoms with E-state index in [2.05, 4.69) is 11.9 Å². The number of phenolic OH excluding ortho intramolecular Hbond substituents is 1. The number of aromatic hydroxyl groups is 1. The van der Waals surface area contributed by atoms with Crippen molar-refractivity contribution in [3.8, 4) is 17.2 Å². The SMILES string of the molecule is Cc1c(C)c2c(c(C)c1O)CCC(C)(COc1ccc(CC3SC(OC(C)C)=NC3=O)cc1)O2. The molecule has 0 aromatic heterocycles. The van der Waals surface area contributed by atoms with Crippen LogP contribution in [0.3, 0.4) is 0 Å². The summed E-state index contributed by atoms with van der Waals surface area (Å²) >= 11 is 1.39. The average molecular weight is 484 g/mol. The minimum atomic E-state index is -0.455. The molecule has 7 heteroatoms. The fourth-order valence-electron chi connectivity index (χ4n) is 4.31. The van der Waals surface area contributed by atoms with Crippen LogP contribution in [0.25, 0.3) is 0 Å². The lowest BCUT2D eigenvalue weighted by atomic mass is 9.87. The Kier molecular flexibility index (Phi) is 6.85. The molecule has 0 radical (unpaired) electrons. The van der Waals surface area contributed by atoms with Crippen molar-refractivity contribution in [3.05, 3.63) is 52.1 Å². The minimum Gasteiger partial charge on any atom is -0.507 e. The van der Waals surface area contributed by atoms with Crippen molar-refractivity contribution in [2.24, 2.45) is 4.99 Å². The van der Waals surface area contributed by atoms with Gasteiger partial charge in [0.1, 0.15) is 29.5 Å². The third-order valence-electron chi connectivity index (χ3n) is 6.54. The zero-order valence-corrected chi connectivity index (χ0v) is 21.5. The standard InChI is InChI=1S/C27H33NO5S/c1-15(2)32-26-28-25(30)22(34-26)13-19-7-9-20(10-8-19)31-14-27(6)12-11-21-18(5)23(29)16(3)17(4)24(21)33-27/h7-10,15,22,29H,11-14H2,1-6H3. The zero-order valence-electron chi connectivity index (χ0n) is 20.7. The Morgan fingerprint density at radius 3 is 2.56 bits per heavy atom. The van der Waals surface area contributed by atoms with Crippen LogP contribution in [0, 0.1) is 20.8 Å². The summed E-state index contributed by atoms with van der Waals surface area (Å²) in [5.41, 5.74) is 4.44. The molecule has 0 fully saturated rings. The van der Waals surface area contributed by atoms with Crippen molar-refractivity contribution in [3.63, 3.8) is 0 Å². The number of benzene rings is 2. The molecule has 0 saturated carbocycles. The van der Waals surface area contributed by atoms with E-state index in [1.807, 2.05) is 58.9 Å². The molecule has 2 atom stereocenters. The highest BCUT2D eigenvalue weighted by Crippen LogP contribution is 2.43. The smallest absolute Gasteiger partial charge is 0.263 e. The first-order chi connectivity index (χ1) is 16.1. The zero-order chi connectivity index (χ0) is 24.6. The molecule has 0 aliphatic carbocycles. The Hall–Kier alpha value is -2.67. The van der Waals surface area contributed by atoms with E-state index in [1.54, 1.807) is 0 Å². The van der Waals surface area contributed by atoms with Crippen LogP contribution in [-0.2, 0) is 22.4 Å². The van der Waals surface area contributed by atoms with Crippen LogP contribution in [0.5, 0.6) is 17.2 Å². The van der Waals surface area contributed by atoms with Gasteiger partial charge < -0.3 is 19.3 Å². The largest absolute Gasteiger partial charge is 0.507 e. The van der Waals surface area contributed by atoms with Crippen molar-refractivity contribution in [1.29, 1.82) is 0 Å². The Balaban J connectivity index is 1.36. The number of aliphatic imine (C=N–C) groups is 1. The summed E-state index contributed by atoms with van der Waals surface area (Å²) in [4.78, 5) is 16.2. The number of amides is 1. The second-order valence-corrected chi connectivity index (χ2v) is 10.9. The number of thioether (sulfide) groups is 1. The predicted molar refractivity (Wildman–Crippen MR) is 135 cm³/mol. The maximum absolute atomic E-state index is 12.2. The lowest BCUT2D eigenvalue weighted by Gasteiger charge is -2.37. The van der Waals surface area contributed by atoms with Gasteiger partial charge in [0, 0.05) is 5.56 Å². The van der Waals surface area contributed by atoms with Gasteiger partial charge in [-0.05, 0) is 95.2 Å². The first kappa shape index (κ1) is 24.5. The highest BCUT2D eigenvalue weighted by molar-refractivity contribution is 8.15. The van der Waals surface area contributed by atoms with Gasteiger partial charge in [-0.3, -0.25) is 4.79 Å². The molecule has 0 saturated heterocycles. The van der Waals surface area contributed by atoms with Crippen LogP contribution in [-0.4, -0.2) is 39.8 Å². The van der Waals surface area contributed by atoms with E-state index in [9.17, 15) is 9.90 Å². The lowest BCUT2D eigenvalue weighted by molar-refractivity contribution is -0.117. The number of carbonyl (C=O) groups excluding carboxylic acids is 1. The lowest BCUT2D eigenvalue weighted by Crippen LogP contribution is -2.42. The Morgan fingerprint density at radius 1 is 1.18 bits per heavy atom. The second kappa shape index (κ2) is 9.53. The van der Waals surface area contributed by atoms with Gasteiger partial charge in [0.05, 0.1) is 11.4 Å². The van der Waals surface area contributed by atoms with Crippen LogP contribution >= 0.6 is 11.8 Å². The number of carbonyl (C=O) groups is 1. The summed E-state index contributed by atoms with van der Waals surface area (Å²) < 4.78 is 18.1. The fraction of sp³-hybridized carbons (Fsp3) is 0.481.